The molecule has 1 aromatic carbocycles. The summed E-state index contributed by atoms with van der Waals surface area (Å²) < 4.78 is 13.1. The van der Waals surface area contributed by atoms with E-state index in [9.17, 15) is 19.6 Å². The first-order valence-electron chi connectivity index (χ1n) is 12.5. The predicted octanol–water partition coefficient (Wildman–Crippen LogP) is 5.12. The number of methoxy groups -OCH3 is 1. The number of benzene rings is 1. The summed E-state index contributed by atoms with van der Waals surface area (Å²) in [6.45, 7) is 0. The highest BCUT2D eigenvalue weighted by atomic mass is 35.5. The Morgan fingerprint density at radius 1 is 1.20 bits per heavy atom. The first-order chi connectivity index (χ1) is 19.2. The van der Waals surface area contributed by atoms with E-state index in [0.717, 1.165) is 19.3 Å². The maximum atomic E-state index is 13.6. The van der Waals surface area contributed by atoms with Crippen LogP contribution in [-0.4, -0.2) is 38.2 Å². The first kappa shape index (κ1) is 26.8. The Morgan fingerprint density at radius 3 is 2.67 bits per heavy atom. The van der Waals surface area contributed by atoms with Gasteiger partial charge in [-0.3, -0.25) is 14.2 Å². The summed E-state index contributed by atoms with van der Waals surface area (Å²) in [5, 5.41) is 21.7. The minimum absolute atomic E-state index is 0.100. The van der Waals surface area contributed by atoms with E-state index in [-0.39, 0.29) is 5.88 Å². The number of hydrogen-bond acceptors (Lipinski definition) is 7. The summed E-state index contributed by atoms with van der Waals surface area (Å²) in [6.07, 6.45) is 6.43. The van der Waals surface area contributed by atoms with Crippen molar-refractivity contribution in [1.82, 2.24) is 14.0 Å². The highest BCUT2D eigenvalue weighted by molar-refractivity contribution is 6.31. The highest BCUT2D eigenvalue weighted by Gasteiger charge is 2.30. The molecule has 12 heteroatoms. The number of anilines is 1. The third-order valence-electron chi connectivity index (χ3n) is 6.96. The fourth-order valence-electron chi connectivity index (χ4n) is 4.78. The number of hydrogen-bond donors (Lipinski definition) is 2. The second-order valence-corrected chi connectivity index (χ2v) is 9.91. The van der Waals surface area contributed by atoms with Gasteiger partial charge in [-0.1, -0.05) is 30.9 Å². The molecule has 0 spiro atoms. The number of carbonyl (C=O) groups is 2. The SMILES string of the molecule is COc1cn(C(CC2CCC2)C(=O)Nc2ccc3nc(OC(=O)O)cn3c2)c(=O)cc1-c1cc(Cl)ccc1C#N. The Morgan fingerprint density at radius 2 is 2.00 bits per heavy atom. The Balaban J connectivity index is 1.49. The number of rotatable bonds is 8. The zero-order chi connectivity index (χ0) is 28.4. The van der Waals surface area contributed by atoms with Crippen LogP contribution in [0.3, 0.4) is 0 Å². The van der Waals surface area contributed by atoms with Gasteiger partial charge in [-0.05, 0) is 42.7 Å². The van der Waals surface area contributed by atoms with Gasteiger partial charge in [0, 0.05) is 28.4 Å². The van der Waals surface area contributed by atoms with Crippen LogP contribution >= 0.6 is 11.6 Å². The molecule has 1 fully saturated rings. The normalized spacial score (nSPS) is 13.7. The largest absolute Gasteiger partial charge is 0.512 e. The maximum absolute atomic E-state index is 13.6. The number of amides is 1. The number of ether oxygens (including phenoxy) is 2. The molecule has 3 heterocycles. The van der Waals surface area contributed by atoms with Gasteiger partial charge < -0.3 is 24.3 Å². The molecule has 1 aliphatic carbocycles. The van der Waals surface area contributed by atoms with Crippen molar-refractivity contribution in [3.05, 3.63) is 75.9 Å². The number of nitrogens with one attached hydrogen (secondary N) is 1. The number of imidazole rings is 1. The predicted molar refractivity (Wildman–Crippen MR) is 146 cm³/mol. The quantitative estimate of drug-likeness (QED) is 0.281. The van der Waals surface area contributed by atoms with E-state index >= 15 is 0 Å². The van der Waals surface area contributed by atoms with Gasteiger partial charge in [-0.15, -0.1) is 0 Å². The smallest absolute Gasteiger partial charge is 0.495 e. The topological polar surface area (TPSA) is 148 Å². The molecule has 1 atom stereocenters. The molecule has 1 amide bonds. The molecule has 1 saturated carbocycles. The molecule has 0 radical (unpaired) electrons. The number of carbonyl (C=O) groups excluding carboxylic acids is 1. The van der Waals surface area contributed by atoms with Gasteiger partial charge >= 0.3 is 6.16 Å². The van der Waals surface area contributed by atoms with Crippen molar-refractivity contribution in [3.8, 4) is 28.8 Å². The summed E-state index contributed by atoms with van der Waals surface area (Å²) in [4.78, 5) is 42.0. The van der Waals surface area contributed by atoms with Crippen molar-refractivity contribution in [2.45, 2.75) is 31.7 Å². The van der Waals surface area contributed by atoms with Crippen LogP contribution in [0.5, 0.6) is 11.6 Å². The fourth-order valence-corrected chi connectivity index (χ4v) is 4.95. The van der Waals surface area contributed by atoms with Gasteiger partial charge in [0.2, 0.25) is 11.8 Å². The molecule has 5 rings (SSSR count). The lowest BCUT2D eigenvalue weighted by Crippen LogP contribution is -2.35. The second kappa shape index (κ2) is 11.1. The molecule has 2 N–H and O–H groups in total. The van der Waals surface area contributed by atoms with Crippen LogP contribution in [0.4, 0.5) is 10.5 Å². The van der Waals surface area contributed by atoms with E-state index in [2.05, 4.69) is 21.1 Å². The Bertz CT molecular complexity index is 1720. The van der Waals surface area contributed by atoms with Crippen molar-refractivity contribution in [2.24, 2.45) is 5.92 Å². The average Bonchev–Trinajstić information content (AvgIpc) is 3.29. The minimum Gasteiger partial charge on any atom is -0.495 e. The molecule has 0 aliphatic heterocycles. The Labute approximate surface area is 233 Å². The van der Waals surface area contributed by atoms with Crippen LogP contribution in [0.15, 0.2) is 59.8 Å². The van der Waals surface area contributed by atoms with E-state index in [1.54, 1.807) is 36.5 Å². The molecule has 0 saturated heterocycles. The summed E-state index contributed by atoms with van der Waals surface area (Å²) in [7, 11) is 1.45. The number of carboxylic acid groups (broad SMARTS) is 1. The fraction of sp³-hybridized carbons (Fsp3) is 0.250. The molecule has 204 valence electrons. The van der Waals surface area contributed by atoms with Crippen molar-refractivity contribution >= 4 is 35.0 Å². The standard InChI is InChI=1S/C28H24ClN5O6/c1-39-23-14-34(26(35)11-21(23)20-10-18(29)6-5-17(20)12-30)22(9-16-3-2-4-16)27(36)31-19-7-8-24-32-25(40-28(37)38)15-33(24)13-19/h5-8,10-11,13-16,22H,2-4,9H2,1H3,(H,31,36)(H,37,38). The van der Waals surface area contributed by atoms with Crippen LogP contribution < -0.4 is 20.3 Å². The van der Waals surface area contributed by atoms with Crippen molar-refractivity contribution in [3.63, 3.8) is 0 Å². The minimum atomic E-state index is -1.48. The number of nitrogens with zero attached hydrogens (tertiary/aromatic N) is 4. The van der Waals surface area contributed by atoms with E-state index in [1.165, 1.54) is 34.5 Å². The van der Waals surface area contributed by atoms with Crippen LogP contribution in [0.1, 0.15) is 37.3 Å². The number of pyridine rings is 2. The van der Waals surface area contributed by atoms with Gasteiger partial charge in [0.05, 0.1) is 36.8 Å². The van der Waals surface area contributed by atoms with Crippen LogP contribution in [0.25, 0.3) is 16.8 Å². The van der Waals surface area contributed by atoms with Gasteiger partial charge in [0.1, 0.15) is 17.4 Å². The average molecular weight is 562 g/mol. The van der Waals surface area contributed by atoms with Crippen LogP contribution in [0, 0.1) is 17.2 Å². The number of aromatic nitrogens is 3. The van der Waals surface area contributed by atoms with E-state index in [1.807, 2.05) is 0 Å². The zero-order valence-electron chi connectivity index (χ0n) is 21.3. The summed E-state index contributed by atoms with van der Waals surface area (Å²) in [5.74, 6) is 0.108. The third kappa shape index (κ3) is 5.48. The monoisotopic (exact) mass is 561 g/mol. The third-order valence-corrected chi connectivity index (χ3v) is 7.20. The van der Waals surface area contributed by atoms with E-state index in [0.29, 0.717) is 51.1 Å². The molecule has 40 heavy (non-hydrogen) atoms. The number of halogens is 1. The lowest BCUT2D eigenvalue weighted by Gasteiger charge is -2.30. The molecule has 11 nitrogen and oxygen atoms in total. The Hall–Kier alpha value is -4.82. The lowest BCUT2D eigenvalue weighted by molar-refractivity contribution is -0.120. The van der Waals surface area contributed by atoms with Gasteiger partial charge in [0.15, 0.2) is 0 Å². The molecule has 1 unspecified atom stereocenters. The molecule has 4 aromatic rings. The van der Waals surface area contributed by atoms with Crippen molar-refractivity contribution in [2.75, 3.05) is 12.4 Å². The van der Waals surface area contributed by atoms with Gasteiger partial charge in [0.25, 0.3) is 5.56 Å². The van der Waals surface area contributed by atoms with Crippen molar-refractivity contribution < 1.29 is 24.2 Å². The summed E-state index contributed by atoms with van der Waals surface area (Å²) in [5.41, 5.74) is 1.60. The highest BCUT2D eigenvalue weighted by Crippen LogP contribution is 2.37. The van der Waals surface area contributed by atoms with Crippen molar-refractivity contribution in [1.29, 1.82) is 5.26 Å². The first-order valence-corrected chi connectivity index (χ1v) is 12.8. The lowest BCUT2D eigenvalue weighted by atomic mass is 9.80. The van der Waals surface area contributed by atoms with E-state index in [4.69, 9.17) is 21.4 Å². The molecule has 0 bridgehead atoms. The second-order valence-electron chi connectivity index (χ2n) is 9.47. The summed E-state index contributed by atoms with van der Waals surface area (Å²) >= 11 is 6.17. The van der Waals surface area contributed by atoms with Crippen LogP contribution in [-0.2, 0) is 4.79 Å². The molecule has 1 aliphatic rings. The van der Waals surface area contributed by atoms with Gasteiger partial charge in [-0.2, -0.15) is 10.2 Å². The zero-order valence-corrected chi connectivity index (χ0v) is 22.1. The molecule has 3 aromatic heterocycles. The van der Waals surface area contributed by atoms with Gasteiger partial charge in [-0.25, -0.2) is 4.79 Å². The Kier molecular flexibility index (Phi) is 7.44. The summed E-state index contributed by atoms with van der Waals surface area (Å²) in [6, 6.07) is 10.6. The molecular weight excluding hydrogens is 538 g/mol. The maximum Gasteiger partial charge on any atom is 0.512 e. The molecular formula is C28H24ClN5O6. The number of fused-ring (bicyclic) bond motifs is 1. The van der Waals surface area contributed by atoms with E-state index < -0.39 is 23.7 Å². The van der Waals surface area contributed by atoms with Crippen LogP contribution in [0.2, 0.25) is 5.02 Å². The number of nitriles is 1.